The number of hydrogen-bond donors (Lipinski definition) is 2. The molecule has 0 bridgehead atoms. The first kappa shape index (κ1) is 27.8. The van der Waals surface area contributed by atoms with Crippen molar-refractivity contribution in [3.05, 3.63) is 24.3 Å². The second-order valence-corrected chi connectivity index (χ2v) is 7.86. The van der Waals surface area contributed by atoms with Gasteiger partial charge in [-0.3, -0.25) is 19.2 Å². The van der Waals surface area contributed by atoms with Crippen LogP contribution in [0.5, 0.6) is 5.75 Å². The first-order valence-electron chi connectivity index (χ1n) is 10.5. The third-order valence-electron chi connectivity index (χ3n) is 4.61. The fourth-order valence-corrected chi connectivity index (χ4v) is 3.55. The summed E-state index contributed by atoms with van der Waals surface area (Å²) in [6.45, 7) is 4.30. The second-order valence-electron chi connectivity index (χ2n) is 7.45. The molecule has 1 saturated heterocycles. The molecule has 0 spiro atoms. The minimum atomic E-state index is -1.30. The molecule has 35 heavy (non-hydrogen) atoms. The first-order chi connectivity index (χ1) is 16.5. The average Bonchev–Trinajstić information content (AvgIpc) is 2.76. The summed E-state index contributed by atoms with van der Waals surface area (Å²) in [6.07, 6.45) is -6.07. The third-order valence-corrected chi connectivity index (χ3v) is 4.83. The largest absolute Gasteiger partial charge is 0.497 e. The smallest absolute Gasteiger partial charge is 0.303 e. The number of methoxy groups -OCH3 is 1. The minimum absolute atomic E-state index is 0.0797. The first-order valence-corrected chi connectivity index (χ1v) is 10.9. The van der Waals surface area contributed by atoms with Gasteiger partial charge in [0.2, 0.25) is 0 Å². The number of esters is 4. The molecule has 5 atom stereocenters. The highest BCUT2D eigenvalue weighted by Gasteiger charge is 2.52. The van der Waals surface area contributed by atoms with Crippen LogP contribution in [0.1, 0.15) is 27.7 Å². The SMILES string of the molecule is COc1ccc(NC(=S)N[C@@H]2O[C@H](COC(C)=O)[C@@H](OC(C)=O)[C@H](OC(C)=O)[C@H]2OC(C)=O)cc1. The molecular weight excluding hydrogens is 484 g/mol. The number of thiocarbonyl (C=S) groups is 1. The number of anilines is 1. The Kier molecular flexibility index (Phi) is 10.2. The summed E-state index contributed by atoms with van der Waals surface area (Å²) in [5.41, 5.74) is 0.619. The molecule has 1 heterocycles. The van der Waals surface area contributed by atoms with E-state index >= 15 is 0 Å². The van der Waals surface area contributed by atoms with E-state index < -0.39 is 54.5 Å². The lowest BCUT2D eigenvalue weighted by atomic mass is 9.97. The van der Waals surface area contributed by atoms with Gasteiger partial charge in [-0.25, -0.2) is 0 Å². The molecule has 0 radical (unpaired) electrons. The number of carbonyl (C=O) groups excluding carboxylic acids is 4. The third kappa shape index (κ3) is 8.68. The number of carbonyl (C=O) groups is 4. The Balaban J connectivity index is 2.33. The lowest BCUT2D eigenvalue weighted by Gasteiger charge is -2.44. The molecule has 2 rings (SSSR count). The fraction of sp³-hybridized carbons (Fsp3) is 0.500. The van der Waals surface area contributed by atoms with Gasteiger partial charge in [0.15, 0.2) is 29.7 Å². The molecule has 0 aromatic heterocycles. The number of benzene rings is 1. The van der Waals surface area contributed by atoms with Crippen LogP contribution in [0.2, 0.25) is 0 Å². The summed E-state index contributed by atoms with van der Waals surface area (Å²) in [6, 6.07) is 6.89. The summed E-state index contributed by atoms with van der Waals surface area (Å²) < 4.78 is 32.2. The van der Waals surface area contributed by atoms with Crippen molar-refractivity contribution in [2.24, 2.45) is 0 Å². The van der Waals surface area contributed by atoms with E-state index in [4.69, 9.17) is 40.6 Å². The number of hydrogen-bond acceptors (Lipinski definition) is 11. The van der Waals surface area contributed by atoms with Crippen LogP contribution in [0.25, 0.3) is 0 Å². The van der Waals surface area contributed by atoms with Crippen molar-refractivity contribution in [2.75, 3.05) is 19.0 Å². The zero-order chi connectivity index (χ0) is 26.1. The van der Waals surface area contributed by atoms with Crippen LogP contribution in [0.15, 0.2) is 24.3 Å². The summed E-state index contributed by atoms with van der Waals surface area (Å²) in [5, 5.41) is 5.89. The highest BCUT2D eigenvalue weighted by atomic mass is 32.1. The quantitative estimate of drug-likeness (QED) is 0.291. The van der Waals surface area contributed by atoms with Crippen molar-refractivity contribution < 1.29 is 47.6 Å². The van der Waals surface area contributed by atoms with E-state index in [1.807, 2.05) is 0 Å². The van der Waals surface area contributed by atoms with Crippen molar-refractivity contribution in [3.8, 4) is 5.75 Å². The van der Waals surface area contributed by atoms with Gasteiger partial charge in [0, 0.05) is 33.4 Å². The van der Waals surface area contributed by atoms with Crippen molar-refractivity contribution >= 4 is 46.9 Å². The van der Waals surface area contributed by atoms with Crippen molar-refractivity contribution in [3.63, 3.8) is 0 Å². The predicted molar refractivity (Wildman–Crippen MR) is 124 cm³/mol. The van der Waals surface area contributed by atoms with Crippen molar-refractivity contribution in [2.45, 2.75) is 58.3 Å². The molecule has 0 unspecified atom stereocenters. The van der Waals surface area contributed by atoms with Crippen molar-refractivity contribution in [1.82, 2.24) is 5.32 Å². The van der Waals surface area contributed by atoms with Gasteiger partial charge >= 0.3 is 23.9 Å². The van der Waals surface area contributed by atoms with Crippen LogP contribution < -0.4 is 15.4 Å². The Morgan fingerprint density at radius 3 is 1.91 bits per heavy atom. The van der Waals surface area contributed by atoms with Gasteiger partial charge in [-0.15, -0.1) is 0 Å². The highest BCUT2D eigenvalue weighted by molar-refractivity contribution is 7.80. The predicted octanol–water partition coefficient (Wildman–Crippen LogP) is 1.06. The van der Waals surface area contributed by atoms with E-state index in [9.17, 15) is 19.2 Å². The molecule has 192 valence electrons. The van der Waals surface area contributed by atoms with E-state index in [0.717, 1.165) is 20.8 Å². The number of rotatable bonds is 8. The van der Waals surface area contributed by atoms with Crippen LogP contribution in [-0.2, 0) is 42.9 Å². The van der Waals surface area contributed by atoms with E-state index in [0.29, 0.717) is 11.4 Å². The topological polar surface area (TPSA) is 148 Å². The fourth-order valence-electron chi connectivity index (χ4n) is 3.32. The maximum atomic E-state index is 11.9. The van der Waals surface area contributed by atoms with E-state index in [2.05, 4.69) is 10.6 Å². The van der Waals surface area contributed by atoms with Gasteiger partial charge in [0.05, 0.1) is 7.11 Å². The van der Waals surface area contributed by atoms with Gasteiger partial charge in [0.1, 0.15) is 18.5 Å². The highest BCUT2D eigenvalue weighted by Crippen LogP contribution is 2.28. The Labute approximate surface area is 207 Å². The van der Waals surface area contributed by atoms with Crippen LogP contribution in [0, 0.1) is 0 Å². The minimum Gasteiger partial charge on any atom is -0.497 e. The maximum absolute atomic E-state index is 11.9. The van der Waals surface area contributed by atoms with Gasteiger partial charge in [-0.2, -0.15) is 0 Å². The summed E-state index contributed by atoms with van der Waals surface area (Å²) in [4.78, 5) is 46.9. The molecule has 1 aromatic carbocycles. The van der Waals surface area contributed by atoms with Crippen LogP contribution in [-0.4, -0.2) is 73.4 Å². The van der Waals surface area contributed by atoms with Crippen LogP contribution in [0.4, 0.5) is 5.69 Å². The summed E-state index contributed by atoms with van der Waals surface area (Å²) in [5.74, 6) is -2.11. The Bertz CT molecular complexity index is 939. The monoisotopic (exact) mass is 512 g/mol. The molecule has 1 aliphatic heterocycles. The maximum Gasteiger partial charge on any atom is 0.303 e. The molecule has 0 saturated carbocycles. The molecule has 0 aliphatic carbocycles. The molecule has 0 amide bonds. The van der Waals surface area contributed by atoms with E-state index in [1.54, 1.807) is 31.4 Å². The Morgan fingerprint density at radius 2 is 1.40 bits per heavy atom. The molecule has 1 fully saturated rings. The molecule has 1 aliphatic rings. The zero-order valence-electron chi connectivity index (χ0n) is 19.9. The molecule has 1 aromatic rings. The van der Waals surface area contributed by atoms with Gasteiger partial charge < -0.3 is 39.1 Å². The van der Waals surface area contributed by atoms with Crippen molar-refractivity contribution in [1.29, 1.82) is 0 Å². The number of ether oxygens (including phenoxy) is 6. The van der Waals surface area contributed by atoms with Crippen LogP contribution >= 0.6 is 12.2 Å². The standard InChI is InChI=1S/C22H28N2O10S/c1-11(25)30-10-17-18(31-12(2)26)19(32-13(3)27)20(33-14(4)28)21(34-17)24-22(35)23-15-6-8-16(29-5)9-7-15/h6-9,17-21H,10H2,1-5H3,(H2,23,24,35)/t17-,18-,19+,20-,21-/m1/s1. The Hall–Kier alpha value is -3.45. The zero-order valence-corrected chi connectivity index (χ0v) is 20.7. The normalized spacial score (nSPS) is 23.3. The lowest BCUT2D eigenvalue weighted by Crippen LogP contribution is -2.66. The van der Waals surface area contributed by atoms with Gasteiger partial charge in [-0.1, -0.05) is 0 Å². The van der Waals surface area contributed by atoms with Gasteiger partial charge in [-0.05, 0) is 36.5 Å². The lowest BCUT2D eigenvalue weighted by molar-refractivity contribution is -0.254. The molecule has 13 heteroatoms. The second kappa shape index (κ2) is 12.9. The molecule has 2 N–H and O–H groups in total. The van der Waals surface area contributed by atoms with Gasteiger partial charge in [0.25, 0.3) is 0 Å². The van der Waals surface area contributed by atoms with E-state index in [1.165, 1.54) is 6.92 Å². The van der Waals surface area contributed by atoms with E-state index in [-0.39, 0.29) is 11.7 Å². The van der Waals surface area contributed by atoms with Crippen LogP contribution in [0.3, 0.4) is 0 Å². The molecule has 12 nitrogen and oxygen atoms in total. The summed E-state index contributed by atoms with van der Waals surface area (Å²) >= 11 is 5.36. The average molecular weight is 513 g/mol. The molecular formula is C22H28N2O10S. The Morgan fingerprint density at radius 1 is 0.857 bits per heavy atom. The number of nitrogens with one attached hydrogen (secondary N) is 2. The summed E-state index contributed by atoms with van der Waals surface area (Å²) in [7, 11) is 1.54.